The Hall–Kier alpha value is -2.92. The zero-order valence-corrected chi connectivity index (χ0v) is 23.0. The SMILES string of the molecule is O=C1/C(=C/c2c(N3CCN(c4cccc(Cl)c4)CC3)nc3ccccn3c2=O)SC(=S)N1C[C@@H]1CCCO1. The van der Waals surface area contributed by atoms with E-state index in [1.165, 1.54) is 16.2 Å². The summed E-state index contributed by atoms with van der Waals surface area (Å²) in [7, 11) is 0. The number of thioether (sulfide) groups is 1. The first-order chi connectivity index (χ1) is 18.5. The van der Waals surface area contributed by atoms with Crippen LogP contribution in [0.25, 0.3) is 11.7 Å². The lowest BCUT2D eigenvalue weighted by Crippen LogP contribution is -2.47. The summed E-state index contributed by atoms with van der Waals surface area (Å²) in [4.78, 5) is 38.3. The number of fused-ring (bicyclic) bond motifs is 1. The lowest BCUT2D eigenvalue weighted by molar-refractivity contribution is -0.123. The molecule has 8 nitrogen and oxygen atoms in total. The number of hydrogen-bond acceptors (Lipinski definition) is 8. The predicted molar refractivity (Wildman–Crippen MR) is 156 cm³/mol. The molecule has 0 N–H and O–H groups in total. The molecule has 0 spiro atoms. The van der Waals surface area contributed by atoms with Crippen LogP contribution < -0.4 is 15.4 Å². The third-order valence-corrected chi connectivity index (χ3v) is 8.67. The van der Waals surface area contributed by atoms with Crippen LogP contribution in [0.15, 0.2) is 58.4 Å². The number of carbonyl (C=O) groups is 1. The lowest BCUT2D eigenvalue weighted by Gasteiger charge is -2.37. The van der Waals surface area contributed by atoms with E-state index in [1.54, 1.807) is 23.2 Å². The summed E-state index contributed by atoms with van der Waals surface area (Å²) in [6.45, 7) is 3.99. The summed E-state index contributed by atoms with van der Waals surface area (Å²) in [6.07, 6.45) is 5.27. The second-order valence-corrected chi connectivity index (χ2v) is 11.6. The molecule has 6 rings (SSSR count). The van der Waals surface area contributed by atoms with Crippen LogP contribution in [-0.2, 0) is 9.53 Å². The number of benzene rings is 1. The summed E-state index contributed by atoms with van der Waals surface area (Å²) in [6, 6.07) is 13.3. The molecule has 0 bridgehead atoms. The summed E-state index contributed by atoms with van der Waals surface area (Å²) < 4.78 is 7.72. The number of piperazine rings is 1. The largest absolute Gasteiger partial charge is 0.376 e. The van der Waals surface area contributed by atoms with E-state index in [1.807, 2.05) is 36.4 Å². The maximum Gasteiger partial charge on any atom is 0.267 e. The van der Waals surface area contributed by atoms with Crippen molar-refractivity contribution in [2.75, 3.05) is 49.1 Å². The van der Waals surface area contributed by atoms with Crippen molar-refractivity contribution in [2.24, 2.45) is 0 Å². The Kier molecular flexibility index (Phi) is 7.13. The monoisotopic (exact) mass is 567 g/mol. The molecule has 0 unspecified atom stereocenters. The first-order valence-electron chi connectivity index (χ1n) is 12.6. The molecule has 3 fully saturated rings. The van der Waals surface area contributed by atoms with Crippen molar-refractivity contribution in [3.63, 3.8) is 0 Å². The molecule has 3 aliphatic rings. The van der Waals surface area contributed by atoms with Gasteiger partial charge in [0.1, 0.15) is 15.8 Å². The molecule has 38 heavy (non-hydrogen) atoms. The van der Waals surface area contributed by atoms with Gasteiger partial charge in [-0.1, -0.05) is 47.7 Å². The number of amides is 1. The summed E-state index contributed by atoms with van der Waals surface area (Å²) >= 11 is 13.0. The van der Waals surface area contributed by atoms with E-state index >= 15 is 0 Å². The smallest absolute Gasteiger partial charge is 0.267 e. The number of hydrogen-bond donors (Lipinski definition) is 0. The van der Waals surface area contributed by atoms with Gasteiger partial charge in [0.2, 0.25) is 0 Å². The molecular formula is C27H26ClN5O3S2. The van der Waals surface area contributed by atoms with Gasteiger partial charge in [0.05, 0.1) is 23.1 Å². The molecule has 1 aromatic carbocycles. The average Bonchev–Trinajstić information content (AvgIpc) is 3.54. The maximum atomic E-state index is 13.7. The number of carbonyl (C=O) groups excluding carboxylic acids is 1. The molecule has 3 aliphatic heterocycles. The standard InChI is InChI=1S/C27H26ClN5O3S2/c28-18-5-3-6-19(15-18)30-10-12-31(13-11-30)24-21(25(34)32-9-2-1-8-23(32)29-24)16-22-26(35)33(27(37)38-22)17-20-7-4-14-36-20/h1-3,5-6,8-9,15-16,20H,4,7,10-14,17H2/b22-16-/t20-/m0/s1. The van der Waals surface area contributed by atoms with Crippen LogP contribution in [0, 0.1) is 0 Å². The quantitative estimate of drug-likeness (QED) is 0.338. The Morgan fingerprint density at radius 3 is 2.68 bits per heavy atom. The molecule has 3 aromatic rings. The van der Waals surface area contributed by atoms with Crippen LogP contribution in [0.5, 0.6) is 0 Å². The van der Waals surface area contributed by atoms with E-state index in [2.05, 4.69) is 9.80 Å². The highest BCUT2D eigenvalue weighted by atomic mass is 35.5. The Morgan fingerprint density at radius 1 is 1.11 bits per heavy atom. The number of anilines is 2. The Morgan fingerprint density at radius 2 is 1.92 bits per heavy atom. The van der Waals surface area contributed by atoms with Crippen molar-refractivity contribution in [1.82, 2.24) is 14.3 Å². The topological polar surface area (TPSA) is 70.4 Å². The zero-order chi connectivity index (χ0) is 26.2. The normalized spacial score (nSPS) is 21.3. The number of aromatic nitrogens is 2. The van der Waals surface area contributed by atoms with Crippen molar-refractivity contribution in [2.45, 2.75) is 18.9 Å². The van der Waals surface area contributed by atoms with Crippen LogP contribution in [-0.4, -0.2) is 69.9 Å². The van der Waals surface area contributed by atoms with Crippen LogP contribution in [0.4, 0.5) is 11.5 Å². The number of rotatable bonds is 5. The fraction of sp³-hybridized carbons (Fsp3) is 0.333. The average molecular weight is 568 g/mol. The Balaban J connectivity index is 1.32. The maximum absolute atomic E-state index is 13.7. The molecule has 2 aromatic heterocycles. The van der Waals surface area contributed by atoms with Crippen molar-refractivity contribution >= 4 is 69.0 Å². The fourth-order valence-corrected chi connectivity index (χ4v) is 6.53. The van der Waals surface area contributed by atoms with E-state index in [0.717, 1.165) is 31.6 Å². The van der Waals surface area contributed by atoms with Crippen molar-refractivity contribution in [3.05, 3.63) is 74.5 Å². The molecule has 11 heteroatoms. The van der Waals surface area contributed by atoms with Gasteiger partial charge in [0.25, 0.3) is 11.5 Å². The van der Waals surface area contributed by atoms with Gasteiger partial charge >= 0.3 is 0 Å². The highest BCUT2D eigenvalue weighted by molar-refractivity contribution is 8.26. The number of thiocarbonyl (C=S) groups is 1. The van der Waals surface area contributed by atoms with Gasteiger partial charge in [-0.2, -0.15) is 0 Å². The minimum Gasteiger partial charge on any atom is -0.376 e. The second kappa shape index (κ2) is 10.7. The first kappa shape index (κ1) is 25.4. The van der Waals surface area contributed by atoms with Crippen molar-refractivity contribution < 1.29 is 9.53 Å². The molecule has 1 amide bonds. The van der Waals surface area contributed by atoms with Crippen LogP contribution in [0.2, 0.25) is 5.02 Å². The van der Waals surface area contributed by atoms with Crippen LogP contribution in [0.3, 0.4) is 0 Å². The van der Waals surface area contributed by atoms with Gasteiger partial charge in [-0.25, -0.2) is 4.98 Å². The van der Waals surface area contributed by atoms with Gasteiger partial charge in [0.15, 0.2) is 0 Å². The third kappa shape index (κ3) is 4.93. The molecular weight excluding hydrogens is 542 g/mol. The molecule has 3 saturated heterocycles. The minimum absolute atomic E-state index is 0.00355. The van der Waals surface area contributed by atoms with Gasteiger partial charge in [0, 0.05) is 49.7 Å². The number of halogens is 1. The van der Waals surface area contributed by atoms with Crippen molar-refractivity contribution in [1.29, 1.82) is 0 Å². The van der Waals surface area contributed by atoms with Gasteiger partial charge in [-0.05, 0) is 49.2 Å². The van der Waals surface area contributed by atoms with E-state index in [9.17, 15) is 9.59 Å². The molecule has 5 heterocycles. The minimum atomic E-state index is -0.215. The van der Waals surface area contributed by atoms with Crippen molar-refractivity contribution in [3.8, 4) is 0 Å². The summed E-state index contributed by atoms with van der Waals surface area (Å²) in [5.41, 5.74) is 1.81. The highest BCUT2D eigenvalue weighted by Crippen LogP contribution is 2.34. The Labute approximate surface area is 234 Å². The number of ether oxygens (including phenoxy) is 1. The third-order valence-electron chi connectivity index (χ3n) is 7.06. The fourth-order valence-electron chi connectivity index (χ4n) is 5.09. The molecule has 0 radical (unpaired) electrons. The molecule has 1 atom stereocenters. The van der Waals surface area contributed by atoms with Crippen LogP contribution >= 0.6 is 35.6 Å². The van der Waals surface area contributed by atoms with E-state index in [-0.39, 0.29) is 17.6 Å². The highest BCUT2D eigenvalue weighted by Gasteiger charge is 2.35. The van der Waals surface area contributed by atoms with Gasteiger partial charge in [-0.15, -0.1) is 0 Å². The van der Waals surface area contributed by atoms with Crippen LogP contribution in [0.1, 0.15) is 18.4 Å². The number of pyridine rings is 1. The summed E-state index contributed by atoms with van der Waals surface area (Å²) in [5.74, 6) is 0.390. The van der Waals surface area contributed by atoms with E-state index in [4.69, 9.17) is 33.5 Å². The van der Waals surface area contributed by atoms with Gasteiger partial charge in [-0.3, -0.25) is 18.9 Å². The Bertz CT molecular complexity index is 1500. The summed E-state index contributed by atoms with van der Waals surface area (Å²) in [5, 5.41) is 0.702. The molecule has 0 saturated carbocycles. The molecule has 196 valence electrons. The predicted octanol–water partition coefficient (Wildman–Crippen LogP) is 4.05. The zero-order valence-electron chi connectivity index (χ0n) is 20.6. The van der Waals surface area contributed by atoms with E-state index in [0.29, 0.717) is 57.5 Å². The van der Waals surface area contributed by atoms with Gasteiger partial charge < -0.3 is 14.5 Å². The lowest BCUT2D eigenvalue weighted by atomic mass is 10.2. The van der Waals surface area contributed by atoms with E-state index < -0.39 is 0 Å². The second-order valence-electron chi connectivity index (χ2n) is 9.46. The number of nitrogens with zero attached hydrogens (tertiary/aromatic N) is 5. The molecule has 0 aliphatic carbocycles. The first-order valence-corrected chi connectivity index (χ1v) is 14.2.